The lowest BCUT2D eigenvalue weighted by Crippen LogP contribution is -1.96. The van der Waals surface area contributed by atoms with Gasteiger partial charge in [0.05, 0.1) is 0 Å². The summed E-state index contributed by atoms with van der Waals surface area (Å²) in [4.78, 5) is 0. The van der Waals surface area contributed by atoms with Crippen molar-refractivity contribution in [2.24, 2.45) is 5.92 Å². The molecule has 1 unspecified atom stereocenters. The van der Waals surface area contributed by atoms with Crippen LogP contribution in [0.3, 0.4) is 0 Å². The van der Waals surface area contributed by atoms with Gasteiger partial charge in [-0.25, -0.2) is 4.39 Å². The topological polar surface area (TPSA) is 0 Å². The highest BCUT2D eigenvalue weighted by Gasteiger charge is 1.99. The van der Waals surface area contributed by atoms with Crippen LogP contribution in [0.25, 0.3) is 0 Å². The molecule has 0 amide bonds. The summed E-state index contributed by atoms with van der Waals surface area (Å²) in [6.07, 6.45) is 0.890. The smallest absolute Gasteiger partial charge is 0.123 e. The lowest BCUT2D eigenvalue weighted by Gasteiger charge is -2.03. The molecule has 0 aliphatic rings. The maximum absolute atomic E-state index is 12.5. The Kier molecular flexibility index (Phi) is 3.52. The summed E-state index contributed by atoms with van der Waals surface area (Å²) in [7, 11) is 0. The van der Waals surface area contributed by atoms with E-state index in [2.05, 4.69) is 18.8 Å². The molecule has 0 aliphatic heterocycles. The summed E-state index contributed by atoms with van der Waals surface area (Å²) in [5.41, 5.74) is 1.14. The van der Waals surface area contributed by atoms with Crippen LogP contribution in [0.15, 0.2) is 24.3 Å². The normalized spacial score (nSPS) is 11.6. The summed E-state index contributed by atoms with van der Waals surface area (Å²) in [6.45, 7) is 3.90. The standard InChI is InChI=1S/C12H13F/c1-3-4-10(2)9-11-5-7-12(13)8-6-11/h5-8,10H,9H2,1-2H3. The van der Waals surface area contributed by atoms with Crippen molar-refractivity contribution in [3.05, 3.63) is 35.6 Å². The van der Waals surface area contributed by atoms with E-state index in [1.807, 2.05) is 19.1 Å². The zero-order valence-corrected chi connectivity index (χ0v) is 7.97. The molecule has 0 saturated carbocycles. The monoisotopic (exact) mass is 176 g/mol. The van der Waals surface area contributed by atoms with Gasteiger partial charge in [-0.05, 0) is 31.0 Å². The Morgan fingerprint density at radius 1 is 1.31 bits per heavy atom. The molecule has 1 atom stereocenters. The van der Waals surface area contributed by atoms with E-state index >= 15 is 0 Å². The molecule has 13 heavy (non-hydrogen) atoms. The predicted molar refractivity (Wildman–Crippen MR) is 52.7 cm³/mol. The van der Waals surface area contributed by atoms with Crippen molar-refractivity contribution in [3.8, 4) is 11.8 Å². The van der Waals surface area contributed by atoms with Crippen molar-refractivity contribution in [2.75, 3.05) is 0 Å². The first-order chi connectivity index (χ1) is 6.22. The number of rotatable bonds is 2. The fraction of sp³-hybridized carbons (Fsp3) is 0.333. The molecule has 0 saturated heterocycles. The highest BCUT2D eigenvalue weighted by Crippen LogP contribution is 2.08. The molecule has 0 spiro atoms. The van der Waals surface area contributed by atoms with E-state index in [9.17, 15) is 4.39 Å². The van der Waals surface area contributed by atoms with Crippen LogP contribution >= 0.6 is 0 Å². The maximum atomic E-state index is 12.5. The van der Waals surface area contributed by atoms with Crippen LogP contribution in [0.4, 0.5) is 4.39 Å². The van der Waals surface area contributed by atoms with Gasteiger partial charge in [0.2, 0.25) is 0 Å². The second-order valence-electron chi connectivity index (χ2n) is 3.13. The Morgan fingerprint density at radius 3 is 2.46 bits per heavy atom. The summed E-state index contributed by atoms with van der Waals surface area (Å²) >= 11 is 0. The quantitative estimate of drug-likeness (QED) is 0.607. The molecule has 1 heteroatoms. The van der Waals surface area contributed by atoms with Crippen LogP contribution in [0.5, 0.6) is 0 Å². The largest absolute Gasteiger partial charge is 0.207 e. The Hall–Kier alpha value is -1.29. The molecule has 0 bridgehead atoms. The molecule has 68 valence electrons. The lowest BCUT2D eigenvalue weighted by atomic mass is 10.0. The average molecular weight is 176 g/mol. The van der Waals surface area contributed by atoms with Gasteiger partial charge in [0.1, 0.15) is 5.82 Å². The third kappa shape index (κ3) is 3.29. The Labute approximate surface area is 78.8 Å². The zero-order chi connectivity index (χ0) is 9.68. The van der Waals surface area contributed by atoms with Gasteiger partial charge in [-0.1, -0.05) is 19.1 Å². The molecular weight excluding hydrogens is 163 g/mol. The van der Waals surface area contributed by atoms with Crippen molar-refractivity contribution in [1.29, 1.82) is 0 Å². The van der Waals surface area contributed by atoms with Crippen LogP contribution < -0.4 is 0 Å². The van der Waals surface area contributed by atoms with E-state index in [4.69, 9.17) is 0 Å². The number of halogens is 1. The average Bonchev–Trinajstić information content (AvgIpc) is 2.09. The van der Waals surface area contributed by atoms with Crippen LogP contribution in [0.2, 0.25) is 0 Å². The molecule has 0 aliphatic carbocycles. The lowest BCUT2D eigenvalue weighted by molar-refractivity contribution is 0.626. The SMILES string of the molecule is CC#CC(C)Cc1ccc(F)cc1. The second kappa shape index (κ2) is 4.67. The first-order valence-corrected chi connectivity index (χ1v) is 4.39. The van der Waals surface area contributed by atoms with E-state index in [1.54, 1.807) is 0 Å². The van der Waals surface area contributed by atoms with Crippen LogP contribution in [0, 0.1) is 23.6 Å². The molecule has 0 nitrogen and oxygen atoms in total. The molecule has 0 fully saturated rings. The molecule has 0 radical (unpaired) electrons. The number of benzene rings is 1. The summed E-state index contributed by atoms with van der Waals surface area (Å²) in [5.74, 6) is 6.10. The zero-order valence-electron chi connectivity index (χ0n) is 7.97. The Balaban J connectivity index is 2.62. The first kappa shape index (κ1) is 9.80. The van der Waals surface area contributed by atoms with E-state index < -0.39 is 0 Å². The van der Waals surface area contributed by atoms with Crippen molar-refractivity contribution < 1.29 is 4.39 Å². The van der Waals surface area contributed by atoms with Gasteiger partial charge < -0.3 is 0 Å². The van der Waals surface area contributed by atoms with E-state index in [1.165, 1.54) is 12.1 Å². The van der Waals surface area contributed by atoms with Gasteiger partial charge in [0.15, 0.2) is 0 Å². The minimum absolute atomic E-state index is 0.182. The molecule has 0 N–H and O–H groups in total. The van der Waals surface area contributed by atoms with Crippen LogP contribution in [-0.2, 0) is 6.42 Å². The molecule has 1 aromatic rings. The summed E-state index contributed by atoms with van der Waals surface area (Å²) < 4.78 is 12.5. The van der Waals surface area contributed by atoms with Crippen molar-refractivity contribution >= 4 is 0 Å². The molecular formula is C12H13F. The van der Waals surface area contributed by atoms with Gasteiger partial charge in [-0.3, -0.25) is 0 Å². The number of hydrogen-bond acceptors (Lipinski definition) is 0. The fourth-order valence-electron chi connectivity index (χ4n) is 1.27. The van der Waals surface area contributed by atoms with Gasteiger partial charge in [-0.15, -0.1) is 11.8 Å². The Bertz CT molecular complexity index is 313. The molecule has 0 aromatic heterocycles. The highest BCUT2D eigenvalue weighted by molar-refractivity contribution is 5.18. The van der Waals surface area contributed by atoms with Crippen LogP contribution in [0.1, 0.15) is 19.4 Å². The first-order valence-electron chi connectivity index (χ1n) is 4.39. The molecule has 1 rings (SSSR count). The minimum atomic E-state index is -0.182. The van der Waals surface area contributed by atoms with E-state index in [0.29, 0.717) is 5.92 Å². The maximum Gasteiger partial charge on any atom is 0.123 e. The number of hydrogen-bond donors (Lipinski definition) is 0. The van der Waals surface area contributed by atoms with Gasteiger partial charge >= 0.3 is 0 Å². The van der Waals surface area contributed by atoms with E-state index in [-0.39, 0.29) is 5.82 Å². The second-order valence-corrected chi connectivity index (χ2v) is 3.13. The van der Waals surface area contributed by atoms with Crippen molar-refractivity contribution in [1.82, 2.24) is 0 Å². The Morgan fingerprint density at radius 2 is 1.92 bits per heavy atom. The fourth-order valence-corrected chi connectivity index (χ4v) is 1.27. The van der Waals surface area contributed by atoms with Gasteiger partial charge in [0, 0.05) is 5.92 Å². The van der Waals surface area contributed by atoms with Gasteiger partial charge in [-0.2, -0.15) is 0 Å². The highest BCUT2D eigenvalue weighted by atomic mass is 19.1. The van der Waals surface area contributed by atoms with Crippen molar-refractivity contribution in [2.45, 2.75) is 20.3 Å². The molecule has 1 aromatic carbocycles. The third-order valence-electron chi connectivity index (χ3n) is 1.85. The predicted octanol–water partition coefficient (Wildman–Crippen LogP) is 3.03. The van der Waals surface area contributed by atoms with Gasteiger partial charge in [0.25, 0.3) is 0 Å². The minimum Gasteiger partial charge on any atom is -0.207 e. The van der Waals surface area contributed by atoms with E-state index in [0.717, 1.165) is 12.0 Å². The molecule has 0 heterocycles. The third-order valence-corrected chi connectivity index (χ3v) is 1.85. The van der Waals surface area contributed by atoms with Crippen LogP contribution in [-0.4, -0.2) is 0 Å². The summed E-state index contributed by atoms with van der Waals surface area (Å²) in [5, 5.41) is 0. The summed E-state index contributed by atoms with van der Waals surface area (Å²) in [6, 6.07) is 6.59. The van der Waals surface area contributed by atoms with Crippen molar-refractivity contribution in [3.63, 3.8) is 0 Å².